The molecule has 0 heterocycles. The van der Waals surface area contributed by atoms with E-state index < -0.39 is 21.6 Å². The van der Waals surface area contributed by atoms with Gasteiger partial charge < -0.3 is 4.74 Å². The van der Waals surface area contributed by atoms with Gasteiger partial charge in [-0.1, -0.05) is 48.0 Å². The van der Waals surface area contributed by atoms with Gasteiger partial charge in [-0.3, -0.25) is 0 Å². The lowest BCUT2D eigenvalue weighted by Gasteiger charge is -2.09. The third kappa shape index (κ3) is 5.91. The number of rotatable bonds is 8. The second-order valence-electron chi connectivity index (χ2n) is 4.89. The number of hydrogen-bond donors (Lipinski definition) is 1. The number of nitrogens with one attached hydrogen (secondary N) is 1. The molecule has 4 nitrogen and oxygen atoms in total. The molecule has 2 aromatic carbocycles. The molecule has 0 radical (unpaired) electrons. The average molecular weight is 358 g/mol. The van der Waals surface area contributed by atoms with Crippen LogP contribution in [0.4, 0.5) is 4.39 Å². The summed E-state index contributed by atoms with van der Waals surface area (Å²) in [6, 6.07) is 13.6. The Morgan fingerprint density at radius 2 is 1.83 bits per heavy atom. The average Bonchev–Trinajstić information content (AvgIpc) is 2.52. The second-order valence-corrected chi connectivity index (χ2v) is 7.11. The molecule has 7 heteroatoms. The highest BCUT2D eigenvalue weighted by Crippen LogP contribution is 2.20. The molecule has 0 spiro atoms. The maximum Gasteiger partial charge on any atom is 0.216 e. The van der Waals surface area contributed by atoms with Gasteiger partial charge in [0.1, 0.15) is 5.82 Å². The molecule has 2 aromatic rings. The maximum atomic E-state index is 13.6. The number of sulfonamides is 1. The molecule has 0 atom stereocenters. The molecule has 124 valence electrons. The van der Waals surface area contributed by atoms with Crippen LogP contribution in [0.3, 0.4) is 0 Å². The van der Waals surface area contributed by atoms with Crippen LogP contribution in [0, 0.1) is 5.82 Å². The molecule has 0 aliphatic heterocycles. The summed E-state index contributed by atoms with van der Waals surface area (Å²) >= 11 is 5.83. The van der Waals surface area contributed by atoms with Crippen molar-refractivity contribution in [2.24, 2.45) is 0 Å². The molecule has 0 amide bonds. The normalized spacial score (nSPS) is 11.6. The fourth-order valence-corrected chi connectivity index (χ4v) is 3.42. The zero-order valence-electron chi connectivity index (χ0n) is 12.3. The van der Waals surface area contributed by atoms with Gasteiger partial charge in [-0.2, -0.15) is 0 Å². The predicted molar refractivity (Wildman–Crippen MR) is 88.1 cm³/mol. The van der Waals surface area contributed by atoms with E-state index in [1.165, 1.54) is 18.2 Å². The summed E-state index contributed by atoms with van der Waals surface area (Å²) in [5.74, 6) is -1.14. The van der Waals surface area contributed by atoms with Gasteiger partial charge in [-0.15, -0.1) is 0 Å². The lowest BCUT2D eigenvalue weighted by molar-refractivity contribution is 0.126. The minimum Gasteiger partial charge on any atom is -0.375 e. The maximum absolute atomic E-state index is 13.6. The van der Waals surface area contributed by atoms with E-state index in [1.807, 2.05) is 30.3 Å². The van der Waals surface area contributed by atoms with Crippen LogP contribution in [0.5, 0.6) is 0 Å². The first-order valence-corrected chi connectivity index (χ1v) is 9.03. The Labute approximate surface area is 140 Å². The van der Waals surface area contributed by atoms with Crippen LogP contribution >= 0.6 is 11.6 Å². The number of ether oxygens (including phenoxy) is 1. The highest BCUT2D eigenvalue weighted by molar-refractivity contribution is 7.88. The summed E-state index contributed by atoms with van der Waals surface area (Å²) in [6.07, 6.45) is 0. The molecule has 0 saturated heterocycles. The van der Waals surface area contributed by atoms with Crippen molar-refractivity contribution in [1.29, 1.82) is 0 Å². The van der Waals surface area contributed by atoms with Crippen molar-refractivity contribution in [2.45, 2.75) is 12.4 Å². The van der Waals surface area contributed by atoms with Crippen LogP contribution in [0.25, 0.3) is 0 Å². The van der Waals surface area contributed by atoms with Crippen molar-refractivity contribution < 1.29 is 17.5 Å². The molecule has 0 bridgehead atoms. The van der Waals surface area contributed by atoms with E-state index in [0.717, 1.165) is 5.56 Å². The number of hydrogen-bond acceptors (Lipinski definition) is 3. The molecule has 0 unspecified atom stereocenters. The van der Waals surface area contributed by atoms with Crippen molar-refractivity contribution >= 4 is 21.6 Å². The monoisotopic (exact) mass is 357 g/mol. The Bertz CT molecular complexity index is 718. The van der Waals surface area contributed by atoms with Gasteiger partial charge in [0.05, 0.1) is 19.0 Å². The smallest absolute Gasteiger partial charge is 0.216 e. The molecule has 0 aliphatic carbocycles. The molecular formula is C16H17ClFNO3S. The van der Waals surface area contributed by atoms with Crippen LogP contribution in [0.15, 0.2) is 48.5 Å². The first kappa shape index (κ1) is 17.9. The number of benzene rings is 2. The van der Waals surface area contributed by atoms with Crippen LogP contribution in [-0.2, 0) is 27.1 Å². The summed E-state index contributed by atoms with van der Waals surface area (Å²) in [7, 11) is -3.68. The van der Waals surface area contributed by atoms with E-state index in [9.17, 15) is 12.8 Å². The minimum absolute atomic E-state index is 0.0353. The van der Waals surface area contributed by atoms with Crippen molar-refractivity contribution in [2.75, 3.05) is 13.2 Å². The van der Waals surface area contributed by atoms with Gasteiger partial charge in [0.15, 0.2) is 0 Å². The molecule has 2 rings (SSSR count). The molecule has 0 fully saturated rings. The zero-order valence-corrected chi connectivity index (χ0v) is 13.9. The molecule has 0 saturated carbocycles. The van der Waals surface area contributed by atoms with Gasteiger partial charge in [0.25, 0.3) is 0 Å². The third-order valence-corrected chi connectivity index (χ3v) is 4.74. The Morgan fingerprint density at radius 1 is 1.09 bits per heavy atom. The quantitative estimate of drug-likeness (QED) is 0.738. The van der Waals surface area contributed by atoms with Gasteiger partial charge in [0, 0.05) is 17.1 Å². The lowest BCUT2D eigenvalue weighted by atomic mass is 10.2. The Morgan fingerprint density at radius 3 is 2.52 bits per heavy atom. The molecule has 0 aromatic heterocycles. The van der Waals surface area contributed by atoms with E-state index in [-0.39, 0.29) is 23.7 Å². The molecule has 0 aliphatic rings. The molecular weight excluding hydrogens is 341 g/mol. The fraction of sp³-hybridized carbons (Fsp3) is 0.250. The van der Waals surface area contributed by atoms with E-state index in [4.69, 9.17) is 16.3 Å². The SMILES string of the molecule is O=S(=O)(Cc1c(F)cccc1Cl)NCCOCc1ccccc1. The summed E-state index contributed by atoms with van der Waals surface area (Å²) in [5, 5.41) is 0.0932. The van der Waals surface area contributed by atoms with Gasteiger partial charge in [-0.05, 0) is 17.7 Å². The minimum atomic E-state index is -3.68. The van der Waals surface area contributed by atoms with Gasteiger partial charge in [-0.25, -0.2) is 17.5 Å². The lowest BCUT2D eigenvalue weighted by Crippen LogP contribution is -2.29. The van der Waals surface area contributed by atoms with Crippen molar-refractivity contribution in [1.82, 2.24) is 4.72 Å². The highest BCUT2D eigenvalue weighted by atomic mass is 35.5. The van der Waals surface area contributed by atoms with Crippen molar-refractivity contribution in [3.05, 3.63) is 70.5 Å². The topological polar surface area (TPSA) is 55.4 Å². The first-order chi connectivity index (χ1) is 11.0. The van der Waals surface area contributed by atoms with Crippen molar-refractivity contribution in [3.8, 4) is 0 Å². The predicted octanol–water partition coefficient (Wildman–Crippen LogP) is 3.12. The second kappa shape index (κ2) is 8.40. The summed E-state index contributed by atoms with van der Waals surface area (Å²) in [4.78, 5) is 0. The fourth-order valence-electron chi connectivity index (χ4n) is 1.94. The van der Waals surface area contributed by atoms with Crippen LogP contribution in [0.1, 0.15) is 11.1 Å². The summed E-state index contributed by atoms with van der Waals surface area (Å²) < 4.78 is 45.3. The Balaban J connectivity index is 1.78. The largest absolute Gasteiger partial charge is 0.375 e. The first-order valence-electron chi connectivity index (χ1n) is 7.00. The molecule has 23 heavy (non-hydrogen) atoms. The van der Waals surface area contributed by atoms with Crippen LogP contribution in [-0.4, -0.2) is 21.6 Å². The summed E-state index contributed by atoms with van der Waals surface area (Å²) in [5.41, 5.74) is 0.973. The summed E-state index contributed by atoms with van der Waals surface area (Å²) in [6.45, 7) is 0.738. The van der Waals surface area contributed by atoms with Gasteiger partial charge in [0.2, 0.25) is 10.0 Å². The Kier molecular flexibility index (Phi) is 6.53. The standard InChI is InChI=1S/C16H17ClFNO3S/c17-15-7-4-8-16(18)14(15)12-23(20,21)19-9-10-22-11-13-5-2-1-3-6-13/h1-8,19H,9-12H2. The zero-order chi connectivity index (χ0) is 16.7. The van der Waals surface area contributed by atoms with Crippen molar-refractivity contribution in [3.63, 3.8) is 0 Å². The highest BCUT2D eigenvalue weighted by Gasteiger charge is 2.16. The van der Waals surface area contributed by atoms with E-state index in [2.05, 4.69) is 4.72 Å². The third-order valence-electron chi connectivity index (χ3n) is 3.08. The Hall–Kier alpha value is -1.47. The van der Waals surface area contributed by atoms with E-state index >= 15 is 0 Å². The van der Waals surface area contributed by atoms with Gasteiger partial charge >= 0.3 is 0 Å². The van der Waals surface area contributed by atoms with Crippen LogP contribution < -0.4 is 4.72 Å². The van der Waals surface area contributed by atoms with Crippen LogP contribution in [0.2, 0.25) is 5.02 Å². The number of halogens is 2. The molecule has 1 N–H and O–H groups in total. The van der Waals surface area contributed by atoms with E-state index in [1.54, 1.807) is 0 Å². The van der Waals surface area contributed by atoms with E-state index in [0.29, 0.717) is 6.61 Å².